The summed E-state index contributed by atoms with van der Waals surface area (Å²) in [4.78, 5) is 13.9. The Balaban J connectivity index is 1.48. The lowest BCUT2D eigenvalue weighted by molar-refractivity contribution is 0.0126. The summed E-state index contributed by atoms with van der Waals surface area (Å²) in [6, 6.07) is 17.8. The number of nitrogens with zero attached hydrogens (tertiary/aromatic N) is 1. The Morgan fingerprint density at radius 1 is 1.00 bits per heavy atom. The average molecular weight is 383 g/mol. The minimum absolute atomic E-state index is 0.0862. The van der Waals surface area contributed by atoms with Gasteiger partial charge in [0.05, 0.1) is 0 Å². The highest BCUT2D eigenvalue weighted by molar-refractivity contribution is 5.68. The predicted octanol–water partition coefficient (Wildman–Crippen LogP) is 5.04. The zero-order chi connectivity index (χ0) is 20.0. The van der Waals surface area contributed by atoms with Gasteiger partial charge in [-0.05, 0) is 38.5 Å². The molecule has 1 aliphatic heterocycles. The van der Waals surface area contributed by atoms with Crippen LogP contribution in [0, 0.1) is 0 Å². The van der Waals surface area contributed by atoms with Crippen molar-refractivity contribution in [1.29, 1.82) is 0 Å². The molecule has 1 fully saturated rings. The van der Waals surface area contributed by atoms with E-state index in [1.165, 1.54) is 0 Å². The summed E-state index contributed by atoms with van der Waals surface area (Å²) in [6.07, 6.45) is 1.41. The molecule has 0 atom stereocenters. The Bertz CT molecular complexity index is 762. The van der Waals surface area contributed by atoms with Crippen LogP contribution in [0.2, 0.25) is 0 Å². The van der Waals surface area contributed by atoms with Gasteiger partial charge in [0.15, 0.2) is 0 Å². The van der Waals surface area contributed by atoms with Gasteiger partial charge in [0.25, 0.3) is 0 Å². The molecule has 3 rings (SSSR count). The van der Waals surface area contributed by atoms with E-state index in [9.17, 15) is 4.79 Å². The van der Waals surface area contributed by atoms with Gasteiger partial charge in [-0.1, -0.05) is 36.4 Å². The first-order valence-corrected chi connectivity index (χ1v) is 9.80. The van der Waals surface area contributed by atoms with Gasteiger partial charge in [0, 0.05) is 32.0 Å². The fraction of sp³-hybridized carbons (Fsp3) is 0.435. The maximum Gasteiger partial charge on any atom is 0.410 e. The second kappa shape index (κ2) is 9.00. The third-order valence-corrected chi connectivity index (χ3v) is 4.45. The summed E-state index contributed by atoms with van der Waals surface area (Å²) >= 11 is 0. The Labute approximate surface area is 167 Å². The molecule has 0 aromatic heterocycles. The summed E-state index contributed by atoms with van der Waals surface area (Å²) in [5, 5.41) is 0. The largest absolute Gasteiger partial charge is 0.490 e. The molecule has 1 saturated heterocycles. The van der Waals surface area contributed by atoms with Crippen LogP contribution in [0.3, 0.4) is 0 Å². The number of carbonyl (C=O) groups excluding carboxylic acids is 1. The SMILES string of the molecule is CC(C)(C)OC(=O)N1CCC(Oc2cccc(OCc3ccccc3)c2)CC1. The average Bonchev–Trinajstić information content (AvgIpc) is 2.67. The normalized spacial score (nSPS) is 15.2. The molecular weight excluding hydrogens is 354 g/mol. The smallest absolute Gasteiger partial charge is 0.410 e. The molecule has 0 saturated carbocycles. The highest BCUT2D eigenvalue weighted by atomic mass is 16.6. The van der Waals surface area contributed by atoms with Crippen molar-refractivity contribution in [2.45, 2.75) is 51.9 Å². The molecule has 2 aromatic carbocycles. The van der Waals surface area contributed by atoms with Crippen molar-refractivity contribution in [3.05, 3.63) is 60.2 Å². The summed E-state index contributed by atoms with van der Waals surface area (Å²) in [5.74, 6) is 1.58. The number of benzene rings is 2. The van der Waals surface area contributed by atoms with Crippen LogP contribution >= 0.6 is 0 Å². The van der Waals surface area contributed by atoms with E-state index in [4.69, 9.17) is 14.2 Å². The lowest BCUT2D eigenvalue weighted by atomic mass is 10.1. The number of likely N-dealkylation sites (tertiary alicyclic amines) is 1. The maximum absolute atomic E-state index is 12.2. The van der Waals surface area contributed by atoms with Crippen LogP contribution in [0.5, 0.6) is 11.5 Å². The molecule has 1 heterocycles. The van der Waals surface area contributed by atoms with Crippen LogP contribution in [0.25, 0.3) is 0 Å². The molecule has 2 aromatic rings. The highest BCUT2D eigenvalue weighted by Gasteiger charge is 2.27. The number of ether oxygens (including phenoxy) is 3. The number of piperidine rings is 1. The second-order valence-electron chi connectivity index (χ2n) is 8.03. The van der Waals surface area contributed by atoms with Crippen LogP contribution in [0.1, 0.15) is 39.2 Å². The Hall–Kier alpha value is -2.69. The van der Waals surface area contributed by atoms with Crippen molar-refractivity contribution in [3.8, 4) is 11.5 Å². The molecule has 1 aliphatic rings. The number of hydrogen-bond donors (Lipinski definition) is 0. The molecule has 0 radical (unpaired) electrons. The lowest BCUT2D eigenvalue weighted by Gasteiger charge is -2.33. The van der Waals surface area contributed by atoms with E-state index >= 15 is 0 Å². The number of carbonyl (C=O) groups is 1. The Morgan fingerprint density at radius 3 is 2.36 bits per heavy atom. The number of hydrogen-bond acceptors (Lipinski definition) is 4. The van der Waals surface area contributed by atoms with Crippen molar-refractivity contribution in [2.24, 2.45) is 0 Å². The zero-order valence-electron chi connectivity index (χ0n) is 16.9. The molecule has 0 N–H and O–H groups in total. The summed E-state index contributed by atoms with van der Waals surface area (Å²) in [7, 11) is 0. The molecule has 5 nitrogen and oxygen atoms in total. The summed E-state index contributed by atoms with van der Waals surface area (Å²) < 4.78 is 17.4. The van der Waals surface area contributed by atoms with Gasteiger partial charge in [-0.15, -0.1) is 0 Å². The summed E-state index contributed by atoms with van der Waals surface area (Å²) in [6.45, 7) is 7.46. The maximum atomic E-state index is 12.2. The van der Waals surface area contributed by atoms with Crippen molar-refractivity contribution in [3.63, 3.8) is 0 Å². The molecule has 0 bridgehead atoms. The van der Waals surface area contributed by atoms with Crippen molar-refractivity contribution in [2.75, 3.05) is 13.1 Å². The quantitative estimate of drug-likeness (QED) is 0.725. The fourth-order valence-electron chi connectivity index (χ4n) is 3.05. The lowest BCUT2D eigenvalue weighted by Crippen LogP contribution is -2.44. The fourth-order valence-corrected chi connectivity index (χ4v) is 3.05. The van der Waals surface area contributed by atoms with E-state index in [-0.39, 0.29) is 12.2 Å². The van der Waals surface area contributed by atoms with Crippen molar-refractivity contribution < 1.29 is 19.0 Å². The molecule has 1 amide bonds. The topological polar surface area (TPSA) is 48.0 Å². The van der Waals surface area contributed by atoms with E-state index in [1.54, 1.807) is 4.90 Å². The van der Waals surface area contributed by atoms with Gasteiger partial charge < -0.3 is 19.1 Å². The third kappa shape index (κ3) is 6.19. The Morgan fingerprint density at radius 2 is 1.68 bits per heavy atom. The van der Waals surface area contributed by atoms with Gasteiger partial charge in [-0.3, -0.25) is 0 Å². The third-order valence-electron chi connectivity index (χ3n) is 4.45. The number of rotatable bonds is 5. The van der Waals surface area contributed by atoms with E-state index in [0.717, 1.165) is 29.9 Å². The monoisotopic (exact) mass is 383 g/mol. The van der Waals surface area contributed by atoms with Crippen molar-refractivity contribution >= 4 is 6.09 Å². The van der Waals surface area contributed by atoms with Gasteiger partial charge in [0.2, 0.25) is 0 Å². The Kier molecular flexibility index (Phi) is 6.45. The summed E-state index contributed by atoms with van der Waals surface area (Å²) in [5.41, 5.74) is 0.660. The van der Waals surface area contributed by atoms with E-state index < -0.39 is 5.60 Å². The zero-order valence-corrected chi connectivity index (χ0v) is 16.9. The van der Waals surface area contributed by atoms with Gasteiger partial charge in [-0.2, -0.15) is 0 Å². The van der Waals surface area contributed by atoms with Gasteiger partial charge >= 0.3 is 6.09 Å². The van der Waals surface area contributed by atoms with E-state index in [2.05, 4.69) is 0 Å². The molecule has 0 unspecified atom stereocenters. The van der Waals surface area contributed by atoms with Crippen LogP contribution in [0.15, 0.2) is 54.6 Å². The van der Waals surface area contributed by atoms with Gasteiger partial charge in [0.1, 0.15) is 29.8 Å². The molecule has 5 heteroatoms. The van der Waals surface area contributed by atoms with Gasteiger partial charge in [-0.25, -0.2) is 4.79 Å². The standard InChI is InChI=1S/C23H29NO4/c1-23(2,3)28-22(25)24-14-12-19(13-15-24)27-21-11-7-10-20(16-21)26-17-18-8-5-4-6-9-18/h4-11,16,19H,12-15,17H2,1-3H3. The minimum Gasteiger partial charge on any atom is -0.490 e. The van der Waals surface area contributed by atoms with Crippen molar-refractivity contribution in [1.82, 2.24) is 4.90 Å². The highest BCUT2D eigenvalue weighted by Crippen LogP contribution is 2.24. The first-order chi connectivity index (χ1) is 13.4. The molecular formula is C23H29NO4. The van der Waals surface area contributed by atoms with Crippen LogP contribution in [0.4, 0.5) is 4.79 Å². The number of amides is 1. The second-order valence-corrected chi connectivity index (χ2v) is 8.03. The predicted molar refractivity (Wildman–Crippen MR) is 109 cm³/mol. The van der Waals surface area contributed by atoms with Crippen LogP contribution in [-0.2, 0) is 11.3 Å². The molecule has 28 heavy (non-hydrogen) atoms. The van der Waals surface area contributed by atoms with Crippen LogP contribution in [-0.4, -0.2) is 35.8 Å². The molecule has 150 valence electrons. The molecule has 0 aliphatic carbocycles. The van der Waals surface area contributed by atoms with Crippen LogP contribution < -0.4 is 9.47 Å². The minimum atomic E-state index is -0.468. The first kappa shape index (κ1) is 20.1. The van der Waals surface area contributed by atoms with E-state index in [1.807, 2.05) is 75.4 Å². The molecule has 0 spiro atoms. The van der Waals surface area contributed by atoms with E-state index in [0.29, 0.717) is 19.7 Å². The first-order valence-electron chi connectivity index (χ1n) is 9.80.